The molecule has 0 aliphatic rings. The third-order valence-corrected chi connectivity index (χ3v) is 7.25. The zero-order valence-electron chi connectivity index (χ0n) is 20.8. The highest BCUT2D eigenvalue weighted by Crippen LogP contribution is 2.25. The molecule has 0 fully saturated rings. The molecule has 0 saturated heterocycles. The fraction of sp³-hybridized carbons (Fsp3) is 0.310. The summed E-state index contributed by atoms with van der Waals surface area (Å²) in [5.41, 5.74) is 4.08. The zero-order valence-corrected chi connectivity index (χ0v) is 23.2. The number of carbonyl (C=O) groups is 2. The highest BCUT2D eigenvalue weighted by molar-refractivity contribution is 7.99. The minimum atomic E-state index is -0.686. The van der Waals surface area contributed by atoms with Gasteiger partial charge in [0.05, 0.1) is 5.75 Å². The fourth-order valence-corrected chi connectivity index (χ4v) is 5.13. The number of halogens is 2. The van der Waals surface area contributed by atoms with Gasteiger partial charge in [-0.05, 0) is 49.6 Å². The lowest BCUT2D eigenvalue weighted by Crippen LogP contribution is -2.52. The molecule has 0 heterocycles. The third kappa shape index (κ3) is 8.58. The van der Waals surface area contributed by atoms with Crippen molar-refractivity contribution >= 4 is 46.8 Å². The van der Waals surface area contributed by atoms with Gasteiger partial charge in [0, 0.05) is 34.8 Å². The number of nitrogens with zero attached hydrogens (tertiary/aromatic N) is 1. The number of carbonyl (C=O) groups excluding carboxylic acids is 2. The Balaban J connectivity index is 1.87. The first-order valence-corrected chi connectivity index (χ1v) is 13.8. The zero-order chi connectivity index (χ0) is 26.1. The molecule has 3 aromatic rings. The first-order valence-electron chi connectivity index (χ1n) is 11.9. The van der Waals surface area contributed by atoms with Crippen molar-refractivity contribution in [3.8, 4) is 0 Å². The van der Waals surface area contributed by atoms with Crippen molar-refractivity contribution < 1.29 is 9.59 Å². The average Bonchev–Trinajstić information content (AvgIpc) is 2.84. The Morgan fingerprint density at radius 2 is 1.64 bits per heavy atom. The van der Waals surface area contributed by atoms with Crippen LogP contribution in [0.3, 0.4) is 0 Å². The second-order valence-electron chi connectivity index (χ2n) is 9.10. The highest BCUT2D eigenvalue weighted by Gasteiger charge is 2.31. The van der Waals surface area contributed by atoms with Crippen LogP contribution in [0.1, 0.15) is 36.1 Å². The van der Waals surface area contributed by atoms with Crippen molar-refractivity contribution in [2.24, 2.45) is 0 Å². The van der Waals surface area contributed by atoms with Crippen molar-refractivity contribution in [3.63, 3.8) is 0 Å². The molecule has 190 valence electrons. The Morgan fingerprint density at radius 3 is 2.28 bits per heavy atom. The molecule has 0 aliphatic heterocycles. The molecule has 0 bridgehead atoms. The van der Waals surface area contributed by atoms with Crippen LogP contribution in [0.4, 0.5) is 0 Å². The quantitative estimate of drug-likeness (QED) is 0.293. The Labute approximate surface area is 228 Å². The van der Waals surface area contributed by atoms with Crippen LogP contribution in [0.5, 0.6) is 0 Å². The normalized spacial score (nSPS) is 11.8. The predicted molar refractivity (Wildman–Crippen MR) is 152 cm³/mol. The van der Waals surface area contributed by atoms with Gasteiger partial charge in [-0.2, -0.15) is 0 Å². The van der Waals surface area contributed by atoms with Crippen molar-refractivity contribution in [1.82, 2.24) is 10.2 Å². The second-order valence-corrected chi connectivity index (χ2v) is 10.9. The number of benzene rings is 3. The topological polar surface area (TPSA) is 49.4 Å². The first kappa shape index (κ1) is 28.1. The van der Waals surface area contributed by atoms with E-state index in [2.05, 4.69) is 36.5 Å². The molecule has 0 saturated carbocycles. The van der Waals surface area contributed by atoms with Crippen LogP contribution in [0.2, 0.25) is 10.0 Å². The Morgan fingerprint density at radius 1 is 0.944 bits per heavy atom. The summed E-state index contributed by atoms with van der Waals surface area (Å²) in [6, 6.07) is 22.5. The highest BCUT2D eigenvalue weighted by atomic mass is 35.5. The number of aryl methyl sites for hydroxylation is 1. The summed E-state index contributed by atoms with van der Waals surface area (Å²) in [6.07, 6.45) is 0.402. The van der Waals surface area contributed by atoms with Crippen LogP contribution in [0.15, 0.2) is 72.8 Å². The summed E-state index contributed by atoms with van der Waals surface area (Å²) < 4.78 is 0. The summed E-state index contributed by atoms with van der Waals surface area (Å²) >= 11 is 14.1. The van der Waals surface area contributed by atoms with Crippen LogP contribution in [-0.2, 0) is 28.3 Å². The summed E-state index contributed by atoms with van der Waals surface area (Å²) in [6.45, 7) is 6.09. The van der Waals surface area contributed by atoms with Gasteiger partial charge in [0.15, 0.2) is 0 Å². The van der Waals surface area contributed by atoms with E-state index in [0.29, 0.717) is 22.2 Å². The number of thioether (sulfide) groups is 1. The number of hydrogen-bond donors (Lipinski definition) is 1. The first-order chi connectivity index (χ1) is 17.2. The monoisotopic (exact) mass is 542 g/mol. The molecule has 0 unspecified atom stereocenters. The molecule has 1 N–H and O–H groups in total. The van der Waals surface area contributed by atoms with Gasteiger partial charge in [0.2, 0.25) is 11.8 Å². The van der Waals surface area contributed by atoms with E-state index in [1.807, 2.05) is 50.2 Å². The molecule has 0 aromatic heterocycles. The standard InChI is InChI=1S/C29H32Cl2N2O2S/c1-20(2)32-29(35)27(15-22-7-5-4-6-8-22)33(17-24-13-14-25(30)16-26(24)31)28(34)19-36-18-23-11-9-21(3)10-12-23/h4-14,16,20,27H,15,17-19H2,1-3H3,(H,32,35)/t27-/m0/s1. The van der Waals surface area contributed by atoms with Gasteiger partial charge >= 0.3 is 0 Å². The molecule has 0 radical (unpaired) electrons. The molecule has 0 spiro atoms. The largest absolute Gasteiger partial charge is 0.352 e. The van der Waals surface area contributed by atoms with Crippen molar-refractivity contribution in [3.05, 3.63) is 105 Å². The van der Waals surface area contributed by atoms with Crippen LogP contribution in [0.25, 0.3) is 0 Å². The number of nitrogens with one attached hydrogen (secondary N) is 1. The Bertz CT molecular complexity index is 1150. The van der Waals surface area contributed by atoms with Gasteiger partial charge in [0.25, 0.3) is 0 Å². The summed E-state index contributed by atoms with van der Waals surface area (Å²) in [5, 5.41) is 3.99. The van der Waals surface area contributed by atoms with Gasteiger partial charge < -0.3 is 10.2 Å². The smallest absolute Gasteiger partial charge is 0.243 e. The van der Waals surface area contributed by atoms with E-state index < -0.39 is 6.04 Å². The summed E-state index contributed by atoms with van der Waals surface area (Å²) in [4.78, 5) is 28.7. The van der Waals surface area contributed by atoms with Crippen LogP contribution < -0.4 is 5.32 Å². The predicted octanol–water partition coefficient (Wildman–Crippen LogP) is 6.70. The van der Waals surface area contributed by atoms with Crippen LogP contribution in [0, 0.1) is 6.92 Å². The molecule has 7 heteroatoms. The average molecular weight is 544 g/mol. The molecule has 2 amide bonds. The SMILES string of the molecule is Cc1ccc(CSCC(=O)N(Cc2ccc(Cl)cc2Cl)[C@@H](Cc2ccccc2)C(=O)NC(C)C)cc1. The van der Waals surface area contributed by atoms with Crippen LogP contribution in [-0.4, -0.2) is 34.6 Å². The van der Waals surface area contributed by atoms with E-state index in [-0.39, 0.29) is 30.2 Å². The molecule has 3 aromatic carbocycles. The molecular formula is C29H32Cl2N2O2S. The van der Waals surface area contributed by atoms with Crippen molar-refractivity contribution in [2.75, 3.05) is 5.75 Å². The Hall–Kier alpha value is -2.47. The maximum Gasteiger partial charge on any atom is 0.243 e. The molecule has 3 rings (SSSR count). The van der Waals surface area contributed by atoms with E-state index in [1.165, 1.54) is 17.3 Å². The Kier molecular flexibility index (Phi) is 10.7. The minimum absolute atomic E-state index is 0.0530. The molecule has 0 aliphatic carbocycles. The maximum absolute atomic E-state index is 13.6. The summed E-state index contributed by atoms with van der Waals surface area (Å²) in [7, 11) is 0. The third-order valence-electron chi connectivity index (χ3n) is 5.67. The van der Waals surface area contributed by atoms with E-state index >= 15 is 0 Å². The number of amides is 2. The van der Waals surface area contributed by atoms with Gasteiger partial charge in [0.1, 0.15) is 6.04 Å². The lowest BCUT2D eigenvalue weighted by atomic mass is 10.0. The van der Waals surface area contributed by atoms with Crippen molar-refractivity contribution in [2.45, 2.75) is 51.6 Å². The fourth-order valence-electron chi connectivity index (χ4n) is 3.79. The van der Waals surface area contributed by atoms with Gasteiger partial charge in [-0.25, -0.2) is 0 Å². The maximum atomic E-state index is 13.6. The molecular weight excluding hydrogens is 511 g/mol. The lowest BCUT2D eigenvalue weighted by Gasteiger charge is -2.32. The minimum Gasteiger partial charge on any atom is -0.352 e. The number of hydrogen-bond acceptors (Lipinski definition) is 3. The van der Waals surface area contributed by atoms with Gasteiger partial charge in [-0.15, -0.1) is 11.8 Å². The van der Waals surface area contributed by atoms with Crippen molar-refractivity contribution in [1.29, 1.82) is 0 Å². The van der Waals surface area contributed by atoms with E-state index in [1.54, 1.807) is 17.0 Å². The summed E-state index contributed by atoms with van der Waals surface area (Å²) in [5.74, 6) is 0.663. The van der Waals surface area contributed by atoms with E-state index in [9.17, 15) is 9.59 Å². The molecule has 4 nitrogen and oxygen atoms in total. The van der Waals surface area contributed by atoms with Gasteiger partial charge in [-0.3, -0.25) is 9.59 Å². The van der Waals surface area contributed by atoms with E-state index in [4.69, 9.17) is 23.2 Å². The molecule has 1 atom stereocenters. The second kappa shape index (κ2) is 13.7. The lowest BCUT2D eigenvalue weighted by molar-refractivity contribution is -0.139. The van der Waals surface area contributed by atoms with E-state index in [0.717, 1.165) is 16.7 Å². The molecule has 36 heavy (non-hydrogen) atoms. The van der Waals surface area contributed by atoms with Crippen LogP contribution >= 0.6 is 35.0 Å². The van der Waals surface area contributed by atoms with Gasteiger partial charge in [-0.1, -0.05) is 89.4 Å². The number of rotatable bonds is 11.